The van der Waals surface area contributed by atoms with E-state index in [1.165, 1.54) is 30.4 Å². The minimum atomic E-state index is -0.552. The number of hydrogen-bond donors (Lipinski definition) is 0. The molecule has 2 aliphatic rings. The number of amidine groups is 1. The van der Waals surface area contributed by atoms with Gasteiger partial charge in [0.2, 0.25) is 5.89 Å². The van der Waals surface area contributed by atoms with E-state index in [0.717, 1.165) is 68.4 Å². The van der Waals surface area contributed by atoms with Crippen LogP contribution in [0.1, 0.15) is 62.3 Å². The first-order valence-electron chi connectivity index (χ1n) is 12.6. The number of benzene rings is 1. The molecule has 0 N–H and O–H groups in total. The third-order valence-electron chi connectivity index (χ3n) is 6.40. The number of carbonyl (C=O) groups is 1. The molecule has 0 aliphatic carbocycles. The number of aromatic nitrogens is 2. The Balaban J connectivity index is 0.000000479. The van der Waals surface area contributed by atoms with Crippen LogP contribution >= 0.6 is 0 Å². The number of hydrogen-bond acceptors (Lipinski definition) is 6. The summed E-state index contributed by atoms with van der Waals surface area (Å²) in [5, 5.41) is 4.00. The van der Waals surface area contributed by atoms with E-state index >= 15 is 0 Å². The molecule has 37 heavy (non-hydrogen) atoms. The van der Waals surface area contributed by atoms with Gasteiger partial charge < -0.3 is 9.42 Å². The van der Waals surface area contributed by atoms with Gasteiger partial charge in [-0.25, -0.2) is 8.78 Å². The van der Waals surface area contributed by atoms with Crippen molar-refractivity contribution in [3.8, 4) is 0 Å². The van der Waals surface area contributed by atoms with E-state index < -0.39 is 11.9 Å². The summed E-state index contributed by atoms with van der Waals surface area (Å²) in [6.45, 7) is 13.8. The number of likely N-dealkylation sites (tertiary alicyclic amines) is 1. The summed E-state index contributed by atoms with van der Waals surface area (Å²) in [6.07, 6.45) is 7.94. The van der Waals surface area contributed by atoms with Crippen molar-refractivity contribution in [1.29, 1.82) is 0 Å². The molecule has 0 spiro atoms. The van der Waals surface area contributed by atoms with Crippen molar-refractivity contribution in [3.05, 3.63) is 84.6 Å². The van der Waals surface area contributed by atoms with Gasteiger partial charge in [-0.1, -0.05) is 49.5 Å². The maximum atomic E-state index is 13.2. The fourth-order valence-electron chi connectivity index (χ4n) is 4.36. The Kier molecular flexibility index (Phi) is 10.4. The molecule has 4 rings (SSSR count). The smallest absolute Gasteiger partial charge is 0.257 e. The van der Waals surface area contributed by atoms with Gasteiger partial charge in [0.25, 0.3) is 5.91 Å². The van der Waals surface area contributed by atoms with Crippen LogP contribution in [0.4, 0.5) is 8.78 Å². The van der Waals surface area contributed by atoms with Crippen LogP contribution in [0.3, 0.4) is 0 Å². The van der Waals surface area contributed by atoms with Gasteiger partial charge in [0, 0.05) is 18.9 Å². The van der Waals surface area contributed by atoms with Crippen molar-refractivity contribution in [2.75, 3.05) is 26.2 Å². The summed E-state index contributed by atoms with van der Waals surface area (Å²) < 4.78 is 30.1. The van der Waals surface area contributed by atoms with E-state index in [-0.39, 0.29) is 11.7 Å². The molecule has 1 aromatic heterocycles. The third-order valence-corrected chi connectivity index (χ3v) is 6.40. The first-order valence-corrected chi connectivity index (χ1v) is 12.6. The molecule has 2 aromatic rings. The molecule has 1 aromatic carbocycles. The van der Waals surface area contributed by atoms with Gasteiger partial charge >= 0.3 is 0 Å². The van der Waals surface area contributed by atoms with Gasteiger partial charge in [-0.05, 0) is 69.6 Å². The van der Waals surface area contributed by atoms with E-state index in [1.807, 2.05) is 13.8 Å². The number of aliphatic imine (C=N–C) groups is 1. The van der Waals surface area contributed by atoms with Crippen molar-refractivity contribution >= 4 is 11.7 Å². The monoisotopic (exact) mass is 511 g/mol. The molecule has 1 atom stereocenters. The first-order chi connectivity index (χ1) is 17.8. The summed E-state index contributed by atoms with van der Waals surface area (Å²) >= 11 is 0. The summed E-state index contributed by atoms with van der Waals surface area (Å²) in [5.41, 5.74) is 0.734. The Hall–Kier alpha value is -3.46. The minimum absolute atomic E-state index is 0.0269. The largest absolute Gasteiger partial charge is 0.339 e. The molecule has 3 heterocycles. The van der Waals surface area contributed by atoms with Crippen LogP contribution < -0.4 is 0 Å². The van der Waals surface area contributed by atoms with E-state index in [0.29, 0.717) is 12.5 Å². The average molecular weight is 512 g/mol. The molecule has 1 amide bonds. The van der Waals surface area contributed by atoms with Gasteiger partial charge in [-0.2, -0.15) is 4.98 Å². The molecular weight excluding hydrogens is 476 g/mol. The zero-order chi connectivity index (χ0) is 26.8. The van der Waals surface area contributed by atoms with E-state index in [2.05, 4.69) is 33.2 Å². The standard InChI is InChI=1S/C22H28FN5O2.C6H7F/c1-3-19-25-21(30-26-19)17-9-13-27(14-10-17)11-4-12-28-15(2)24-20(22(28)29)16-5-7-18(23)8-6-16;1-3-4-5-6(2)7/h5-8,17,20H,3-4,9-14H2,1-2H3;3-5H,1-2H2/b;5-4-. The molecule has 2 aliphatic heterocycles. The normalized spacial score (nSPS) is 18.6. The number of carbonyl (C=O) groups excluding carboxylic acids is 1. The number of nitrogens with zero attached hydrogens (tertiary/aromatic N) is 5. The van der Waals surface area contributed by atoms with Crippen LogP contribution in [0.2, 0.25) is 0 Å². The molecular formula is C28H35F2N5O2. The maximum Gasteiger partial charge on any atom is 0.257 e. The van der Waals surface area contributed by atoms with E-state index in [4.69, 9.17) is 4.52 Å². The highest BCUT2D eigenvalue weighted by Gasteiger charge is 2.33. The van der Waals surface area contributed by atoms with Gasteiger partial charge in [0.15, 0.2) is 11.9 Å². The second-order valence-electron chi connectivity index (χ2n) is 9.03. The molecule has 198 valence electrons. The highest BCUT2D eigenvalue weighted by Crippen LogP contribution is 2.28. The lowest BCUT2D eigenvalue weighted by Gasteiger charge is -2.30. The van der Waals surface area contributed by atoms with E-state index in [1.54, 1.807) is 17.0 Å². The van der Waals surface area contributed by atoms with Crippen molar-refractivity contribution in [2.24, 2.45) is 4.99 Å². The molecule has 1 unspecified atom stereocenters. The fourth-order valence-corrected chi connectivity index (χ4v) is 4.36. The lowest BCUT2D eigenvalue weighted by molar-refractivity contribution is -0.127. The maximum absolute atomic E-state index is 13.2. The minimum Gasteiger partial charge on any atom is -0.339 e. The van der Waals surface area contributed by atoms with E-state index in [9.17, 15) is 13.6 Å². The number of rotatable bonds is 9. The zero-order valence-electron chi connectivity index (χ0n) is 21.6. The highest BCUT2D eigenvalue weighted by atomic mass is 19.1. The Bertz CT molecular complexity index is 1120. The Morgan fingerprint density at radius 2 is 1.92 bits per heavy atom. The fraction of sp³-hybridized carbons (Fsp3) is 0.429. The molecule has 7 nitrogen and oxygen atoms in total. The quantitative estimate of drug-likeness (QED) is 0.413. The SMILES string of the molecule is C=C/C=C\C(=C)F.CCc1noc(C2CCN(CCCN3C(=O)C(c4ccc(F)cc4)N=C3C)CC2)n1. The number of aryl methyl sites for hydroxylation is 1. The van der Waals surface area contributed by atoms with Crippen molar-refractivity contribution in [2.45, 2.75) is 51.5 Å². The number of amides is 1. The van der Waals surface area contributed by atoms with Crippen LogP contribution in [-0.4, -0.2) is 57.9 Å². The second kappa shape index (κ2) is 13.7. The summed E-state index contributed by atoms with van der Waals surface area (Å²) in [7, 11) is 0. The van der Waals surface area contributed by atoms with Crippen molar-refractivity contribution in [3.63, 3.8) is 0 Å². The van der Waals surface area contributed by atoms with Crippen LogP contribution in [-0.2, 0) is 11.2 Å². The highest BCUT2D eigenvalue weighted by molar-refractivity contribution is 6.05. The molecule has 0 radical (unpaired) electrons. The number of piperidine rings is 1. The molecule has 0 saturated carbocycles. The van der Waals surface area contributed by atoms with Gasteiger partial charge in [-0.3, -0.25) is 14.7 Å². The summed E-state index contributed by atoms with van der Waals surface area (Å²) in [4.78, 5) is 25.9. The molecule has 1 fully saturated rings. The van der Waals surface area contributed by atoms with Crippen molar-refractivity contribution in [1.82, 2.24) is 19.9 Å². The van der Waals surface area contributed by atoms with Crippen molar-refractivity contribution < 1.29 is 18.1 Å². The van der Waals surface area contributed by atoms with Gasteiger partial charge in [0.05, 0.1) is 0 Å². The van der Waals surface area contributed by atoms with Crippen LogP contribution in [0.25, 0.3) is 0 Å². The van der Waals surface area contributed by atoms with Gasteiger partial charge in [0.1, 0.15) is 17.5 Å². The Morgan fingerprint density at radius 1 is 1.22 bits per heavy atom. The molecule has 9 heteroatoms. The second-order valence-corrected chi connectivity index (χ2v) is 9.03. The molecule has 0 bridgehead atoms. The van der Waals surface area contributed by atoms with Crippen LogP contribution in [0, 0.1) is 5.82 Å². The predicted octanol–water partition coefficient (Wildman–Crippen LogP) is 5.55. The Labute approximate surface area is 217 Å². The lowest BCUT2D eigenvalue weighted by Crippen LogP contribution is -2.37. The average Bonchev–Trinajstić information content (AvgIpc) is 3.49. The number of halogens is 2. The third kappa shape index (κ3) is 8.01. The zero-order valence-corrected chi connectivity index (χ0v) is 21.6. The number of allylic oxidation sites excluding steroid dienone is 4. The first kappa shape index (κ1) is 28.1. The van der Waals surface area contributed by atoms with Gasteiger partial charge in [-0.15, -0.1) is 0 Å². The predicted molar refractivity (Wildman–Crippen MR) is 140 cm³/mol. The Morgan fingerprint density at radius 3 is 2.49 bits per heavy atom. The summed E-state index contributed by atoms with van der Waals surface area (Å²) in [6, 6.07) is 5.46. The van der Waals surface area contributed by atoms with Crippen LogP contribution in [0.15, 0.2) is 71.0 Å². The summed E-state index contributed by atoms with van der Waals surface area (Å²) in [5.74, 6) is 1.85. The molecule has 1 saturated heterocycles. The topological polar surface area (TPSA) is 74.8 Å². The lowest BCUT2D eigenvalue weighted by atomic mass is 9.96. The van der Waals surface area contributed by atoms with Crippen LogP contribution in [0.5, 0.6) is 0 Å².